The first-order chi connectivity index (χ1) is 7.24. The molecule has 1 heterocycles. The van der Waals surface area contributed by atoms with Crippen molar-refractivity contribution in [2.24, 2.45) is 0 Å². The van der Waals surface area contributed by atoms with Gasteiger partial charge in [0.25, 0.3) is 0 Å². The van der Waals surface area contributed by atoms with Gasteiger partial charge in [0.05, 0.1) is 6.54 Å². The maximum Gasteiger partial charge on any atom is 0.0606 e. The Morgan fingerprint density at radius 1 is 1.40 bits per heavy atom. The second-order valence-corrected chi connectivity index (χ2v) is 4.30. The minimum Gasteiger partial charge on any atom is -0.283 e. The van der Waals surface area contributed by atoms with Gasteiger partial charge in [-0.25, -0.2) is 0 Å². The highest BCUT2D eigenvalue weighted by Gasteiger charge is 2.27. The van der Waals surface area contributed by atoms with Crippen LogP contribution in [-0.2, 0) is 6.42 Å². The lowest BCUT2D eigenvalue weighted by Gasteiger charge is -2.39. The quantitative estimate of drug-likeness (QED) is 0.628. The number of nitrogens with zero attached hydrogens (tertiary/aromatic N) is 1. The molecule has 2 rings (SSSR count). The first-order valence-corrected chi connectivity index (χ1v) is 5.51. The summed E-state index contributed by atoms with van der Waals surface area (Å²) in [5.41, 5.74) is 2.91. The summed E-state index contributed by atoms with van der Waals surface area (Å²) in [6, 6.07) is 9.67. The van der Waals surface area contributed by atoms with Gasteiger partial charge in [-0.15, -0.1) is 6.42 Å². The second-order valence-electron chi connectivity index (χ2n) is 4.30. The molecule has 0 saturated heterocycles. The molecular formula is C14H17N. The van der Waals surface area contributed by atoms with Gasteiger partial charge in [0, 0.05) is 12.1 Å². The molecule has 0 radical (unpaired) electrons. The summed E-state index contributed by atoms with van der Waals surface area (Å²) >= 11 is 0. The van der Waals surface area contributed by atoms with E-state index in [-0.39, 0.29) is 0 Å². The Balaban J connectivity index is 2.35. The van der Waals surface area contributed by atoms with Crippen molar-refractivity contribution in [2.75, 3.05) is 6.54 Å². The molecule has 0 fully saturated rings. The molecule has 1 aliphatic rings. The average molecular weight is 199 g/mol. The molecular weight excluding hydrogens is 182 g/mol. The fraction of sp³-hybridized carbons (Fsp3) is 0.429. The monoisotopic (exact) mass is 199 g/mol. The van der Waals surface area contributed by atoms with Crippen molar-refractivity contribution in [2.45, 2.75) is 32.4 Å². The highest BCUT2D eigenvalue weighted by atomic mass is 15.2. The predicted molar refractivity (Wildman–Crippen MR) is 63.6 cm³/mol. The minimum atomic E-state index is 0.445. The molecule has 0 spiro atoms. The van der Waals surface area contributed by atoms with Crippen LogP contribution in [0.15, 0.2) is 24.3 Å². The van der Waals surface area contributed by atoms with Gasteiger partial charge in [-0.3, -0.25) is 4.90 Å². The van der Waals surface area contributed by atoms with Crippen LogP contribution in [0.4, 0.5) is 0 Å². The lowest BCUT2D eigenvalue weighted by Crippen LogP contribution is -2.41. The molecule has 78 valence electrons. The number of rotatable bonds is 1. The van der Waals surface area contributed by atoms with Crippen molar-refractivity contribution < 1.29 is 0 Å². The van der Waals surface area contributed by atoms with Crippen molar-refractivity contribution in [3.63, 3.8) is 0 Å². The number of fused-ring (bicyclic) bond motifs is 1. The summed E-state index contributed by atoms with van der Waals surface area (Å²) in [5.74, 6) is 2.75. The van der Waals surface area contributed by atoms with Gasteiger partial charge in [0.15, 0.2) is 0 Å². The van der Waals surface area contributed by atoms with Crippen LogP contribution in [0.3, 0.4) is 0 Å². The topological polar surface area (TPSA) is 3.24 Å². The third kappa shape index (κ3) is 1.78. The Labute approximate surface area is 92.1 Å². The minimum absolute atomic E-state index is 0.445. The molecule has 0 aromatic heterocycles. The smallest absolute Gasteiger partial charge is 0.0606 e. The van der Waals surface area contributed by atoms with Crippen LogP contribution in [0.2, 0.25) is 0 Å². The molecule has 1 aromatic carbocycles. The number of hydrogen-bond acceptors (Lipinski definition) is 1. The van der Waals surface area contributed by atoms with E-state index in [1.165, 1.54) is 11.1 Å². The molecule has 1 aromatic rings. The van der Waals surface area contributed by atoms with Gasteiger partial charge in [-0.1, -0.05) is 30.2 Å². The van der Waals surface area contributed by atoms with E-state index in [2.05, 4.69) is 48.9 Å². The van der Waals surface area contributed by atoms with Crippen molar-refractivity contribution >= 4 is 0 Å². The van der Waals surface area contributed by atoms with Crippen molar-refractivity contribution in [3.8, 4) is 12.3 Å². The Hall–Kier alpha value is -1.26. The van der Waals surface area contributed by atoms with E-state index in [0.717, 1.165) is 13.0 Å². The van der Waals surface area contributed by atoms with Crippen LogP contribution < -0.4 is 0 Å². The number of terminal acetylenes is 1. The average Bonchev–Trinajstić information content (AvgIpc) is 2.24. The van der Waals surface area contributed by atoms with E-state index < -0.39 is 0 Å². The molecule has 0 N–H and O–H groups in total. The van der Waals surface area contributed by atoms with Gasteiger partial charge < -0.3 is 0 Å². The molecule has 0 unspecified atom stereocenters. The first-order valence-electron chi connectivity index (χ1n) is 5.51. The Kier molecular flexibility index (Phi) is 2.79. The van der Waals surface area contributed by atoms with Gasteiger partial charge in [-0.2, -0.15) is 0 Å². The molecule has 0 bridgehead atoms. The first kappa shape index (κ1) is 10.3. The van der Waals surface area contributed by atoms with Gasteiger partial charge >= 0.3 is 0 Å². The molecule has 1 aliphatic heterocycles. The number of benzene rings is 1. The summed E-state index contributed by atoms with van der Waals surface area (Å²) < 4.78 is 0. The third-order valence-corrected chi connectivity index (χ3v) is 3.36. The standard InChI is InChI=1S/C14H17N/c1-4-9-15-11(2)10-13-7-5-6-8-14(13)12(15)3/h1,5-8,11-12H,9-10H2,2-3H3/t11-,12+/m1/s1. The maximum absolute atomic E-state index is 5.41. The van der Waals surface area contributed by atoms with E-state index in [1.54, 1.807) is 0 Å². The van der Waals surface area contributed by atoms with Crippen LogP contribution >= 0.6 is 0 Å². The van der Waals surface area contributed by atoms with Crippen LogP contribution in [0.1, 0.15) is 31.0 Å². The van der Waals surface area contributed by atoms with E-state index in [0.29, 0.717) is 12.1 Å². The fourth-order valence-corrected chi connectivity index (χ4v) is 2.52. The largest absolute Gasteiger partial charge is 0.283 e. The molecule has 2 atom stereocenters. The molecule has 1 nitrogen and oxygen atoms in total. The van der Waals surface area contributed by atoms with E-state index >= 15 is 0 Å². The lowest BCUT2D eigenvalue weighted by atomic mass is 9.89. The van der Waals surface area contributed by atoms with Gasteiger partial charge in [0.1, 0.15) is 0 Å². The molecule has 0 amide bonds. The summed E-state index contributed by atoms with van der Waals surface area (Å²) in [4.78, 5) is 2.39. The molecule has 1 heteroatoms. The highest BCUT2D eigenvalue weighted by Crippen LogP contribution is 2.31. The molecule has 0 saturated carbocycles. The van der Waals surface area contributed by atoms with Gasteiger partial charge in [-0.05, 0) is 31.4 Å². The Morgan fingerprint density at radius 2 is 2.13 bits per heavy atom. The van der Waals surface area contributed by atoms with Crippen LogP contribution in [0, 0.1) is 12.3 Å². The Bertz CT molecular complexity index is 389. The summed E-state index contributed by atoms with van der Waals surface area (Å²) in [6.45, 7) is 5.24. The highest BCUT2D eigenvalue weighted by molar-refractivity contribution is 5.33. The van der Waals surface area contributed by atoms with Crippen LogP contribution in [-0.4, -0.2) is 17.5 Å². The molecule has 0 aliphatic carbocycles. The predicted octanol–water partition coefficient (Wildman–Crippen LogP) is 2.63. The second kappa shape index (κ2) is 4.08. The normalized spacial score (nSPS) is 25.7. The summed E-state index contributed by atoms with van der Waals surface area (Å²) in [5, 5.41) is 0. The zero-order valence-electron chi connectivity index (χ0n) is 9.40. The molecule has 15 heavy (non-hydrogen) atoms. The zero-order chi connectivity index (χ0) is 10.8. The zero-order valence-corrected chi connectivity index (χ0v) is 9.40. The lowest BCUT2D eigenvalue weighted by molar-refractivity contribution is 0.160. The van der Waals surface area contributed by atoms with Gasteiger partial charge in [0.2, 0.25) is 0 Å². The van der Waals surface area contributed by atoms with Crippen molar-refractivity contribution in [3.05, 3.63) is 35.4 Å². The van der Waals surface area contributed by atoms with Crippen molar-refractivity contribution in [1.82, 2.24) is 4.90 Å². The van der Waals surface area contributed by atoms with Crippen LogP contribution in [0.25, 0.3) is 0 Å². The SMILES string of the molecule is C#CCN1[C@H](C)Cc2ccccc2[C@@H]1C. The fourth-order valence-electron chi connectivity index (χ4n) is 2.52. The summed E-state index contributed by atoms with van der Waals surface area (Å²) in [7, 11) is 0. The summed E-state index contributed by atoms with van der Waals surface area (Å²) in [6.07, 6.45) is 6.53. The maximum atomic E-state index is 5.41. The van der Waals surface area contributed by atoms with E-state index in [4.69, 9.17) is 6.42 Å². The van der Waals surface area contributed by atoms with E-state index in [9.17, 15) is 0 Å². The Morgan fingerprint density at radius 3 is 2.87 bits per heavy atom. The number of hydrogen-bond donors (Lipinski definition) is 0. The third-order valence-electron chi connectivity index (χ3n) is 3.36. The van der Waals surface area contributed by atoms with Crippen LogP contribution in [0.5, 0.6) is 0 Å². The van der Waals surface area contributed by atoms with E-state index in [1.807, 2.05) is 0 Å². The van der Waals surface area contributed by atoms with Crippen molar-refractivity contribution in [1.29, 1.82) is 0 Å².